The number of nitrogens with zero attached hydrogens (tertiary/aromatic N) is 1. The number of carbonyl (C=O) groups is 1. The van der Waals surface area contributed by atoms with Crippen LogP contribution in [0.2, 0.25) is 0 Å². The van der Waals surface area contributed by atoms with E-state index in [4.69, 9.17) is 4.74 Å². The van der Waals surface area contributed by atoms with Gasteiger partial charge in [0.05, 0.1) is 0 Å². The van der Waals surface area contributed by atoms with Crippen molar-refractivity contribution in [3.63, 3.8) is 0 Å². The SMILES string of the molecule is O=C(OCc1ccccc1)N1CCC(CN[C@@H]2C[C@H]2c2ccc3c(c2)CCN3)CC1F. The van der Waals surface area contributed by atoms with Crippen LogP contribution in [0.3, 0.4) is 0 Å². The van der Waals surface area contributed by atoms with E-state index in [1.54, 1.807) is 0 Å². The number of alkyl halides is 1. The Morgan fingerprint density at radius 2 is 2.06 bits per heavy atom. The van der Waals surface area contributed by atoms with Gasteiger partial charge in [-0.05, 0) is 54.5 Å². The highest BCUT2D eigenvalue weighted by Crippen LogP contribution is 2.42. The average Bonchev–Trinajstić information content (AvgIpc) is 3.42. The number of nitrogens with one attached hydrogen (secondary N) is 2. The van der Waals surface area contributed by atoms with Gasteiger partial charge in [0.1, 0.15) is 6.61 Å². The molecule has 5 nitrogen and oxygen atoms in total. The van der Waals surface area contributed by atoms with Crippen LogP contribution in [0.5, 0.6) is 0 Å². The number of halogens is 1. The van der Waals surface area contributed by atoms with Crippen molar-refractivity contribution < 1.29 is 13.9 Å². The zero-order valence-corrected chi connectivity index (χ0v) is 17.7. The van der Waals surface area contributed by atoms with E-state index in [0.29, 0.717) is 24.9 Å². The van der Waals surface area contributed by atoms with E-state index in [9.17, 15) is 9.18 Å². The van der Waals surface area contributed by atoms with Gasteiger partial charge in [-0.3, -0.25) is 4.90 Å². The molecule has 1 amide bonds. The second-order valence-corrected chi connectivity index (χ2v) is 9.01. The van der Waals surface area contributed by atoms with Crippen LogP contribution in [0.4, 0.5) is 14.9 Å². The number of fused-ring (bicyclic) bond motifs is 1. The van der Waals surface area contributed by atoms with Crippen molar-refractivity contribution in [3.8, 4) is 0 Å². The molecule has 31 heavy (non-hydrogen) atoms. The fourth-order valence-electron chi connectivity index (χ4n) is 4.84. The van der Waals surface area contributed by atoms with Crippen molar-refractivity contribution in [1.82, 2.24) is 10.2 Å². The van der Waals surface area contributed by atoms with Gasteiger partial charge in [0.25, 0.3) is 0 Å². The van der Waals surface area contributed by atoms with Gasteiger partial charge in [-0.15, -0.1) is 0 Å². The van der Waals surface area contributed by atoms with Crippen molar-refractivity contribution in [2.24, 2.45) is 5.92 Å². The average molecular weight is 424 g/mol. The Morgan fingerprint density at radius 1 is 1.19 bits per heavy atom. The lowest BCUT2D eigenvalue weighted by atomic mass is 9.96. The Labute approximate surface area is 183 Å². The van der Waals surface area contributed by atoms with E-state index in [1.165, 1.54) is 21.7 Å². The van der Waals surface area contributed by atoms with Gasteiger partial charge >= 0.3 is 6.09 Å². The molecular weight excluding hydrogens is 393 g/mol. The molecule has 1 saturated heterocycles. The highest BCUT2D eigenvalue weighted by molar-refractivity contribution is 5.68. The van der Waals surface area contributed by atoms with Crippen molar-refractivity contribution in [2.45, 2.75) is 50.5 Å². The van der Waals surface area contributed by atoms with Crippen molar-refractivity contribution in [1.29, 1.82) is 0 Å². The number of likely N-dealkylation sites (tertiary alicyclic amines) is 1. The summed E-state index contributed by atoms with van der Waals surface area (Å²) in [5.74, 6) is 0.818. The van der Waals surface area contributed by atoms with Crippen LogP contribution in [0.25, 0.3) is 0 Å². The minimum absolute atomic E-state index is 0.176. The number of carbonyl (C=O) groups excluding carboxylic acids is 1. The topological polar surface area (TPSA) is 53.6 Å². The predicted octanol–water partition coefficient (Wildman–Crippen LogP) is 4.44. The predicted molar refractivity (Wildman–Crippen MR) is 119 cm³/mol. The van der Waals surface area contributed by atoms with E-state index in [1.807, 2.05) is 30.3 Å². The number of hydrogen-bond donors (Lipinski definition) is 2. The molecule has 2 N–H and O–H groups in total. The molecule has 5 rings (SSSR count). The standard InChI is InChI=1S/C25H30FN3O2/c26-24-12-18(9-11-29(24)25(30)31-16-17-4-2-1-3-5-17)15-28-23-14-21(23)19-6-7-22-20(13-19)8-10-27-22/h1-7,13,18,21,23-24,27-28H,8-12,14-16H2/t18?,21-,23+,24?/m0/s1. The van der Waals surface area contributed by atoms with E-state index < -0.39 is 12.4 Å². The molecule has 1 saturated carbocycles. The van der Waals surface area contributed by atoms with Crippen LogP contribution in [0.15, 0.2) is 48.5 Å². The molecule has 2 aromatic rings. The Bertz CT molecular complexity index is 922. The zero-order valence-electron chi connectivity index (χ0n) is 17.7. The van der Waals surface area contributed by atoms with Crippen LogP contribution in [0, 0.1) is 5.92 Å². The molecule has 0 radical (unpaired) electrons. The fourth-order valence-corrected chi connectivity index (χ4v) is 4.84. The molecule has 0 spiro atoms. The first-order valence-corrected chi connectivity index (χ1v) is 11.4. The van der Waals surface area contributed by atoms with Crippen LogP contribution in [-0.2, 0) is 17.8 Å². The normalized spacial score (nSPS) is 26.8. The number of anilines is 1. The van der Waals surface area contributed by atoms with Crippen LogP contribution in [0.1, 0.15) is 41.9 Å². The molecule has 164 valence electrons. The third-order valence-corrected chi connectivity index (χ3v) is 6.81. The summed E-state index contributed by atoms with van der Waals surface area (Å²) >= 11 is 0. The first kappa shape index (κ1) is 20.3. The third kappa shape index (κ3) is 4.69. The molecule has 3 aliphatic rings. The highest BCUT2D eigenvalue weighted by atomic mass is 19.1. The molecule has 1 aliphatic carbocycles. The lowest BCUT2D eigenvalue weighted by molar-refractivity contribution is 0.00934. The Kier molecular flexibility index (Phi) is 5.81. The van der Waals surface area contributed by atoms with Gasteiger partial charge in [-0.2, -0.15) is 0 Å². The second-order valence-electron chi connectivity index (χ2n) is 9.01. The van der Waals surface area contributed by atoms with Gasteiger partial charge in [0.2, 0.25) is 0 Å². The molecule has 0 bridgehead atoms. The lowest BCUT2D eigenvalue weighted by Crippen LogP contribution is -2.46. The van der Waals surface area contributed by atoms with Crippen LogP contribution < -0.4 is 10.6 Å². The molecular formula is C25H30FN3O2. The van der Waals surface area contributed by atoms with Gasteiger partial charge in [-0.1, -0.05) is 42.5 Å². The number of piperidine rings is 1. The summed E-state index contributed by atoms with van der Waals surface area (Å²) < 4.78 is 20.0. The number of hydrogen-bond acceptors (Lipinski definition) is 4. The number of ether oxygens (including phenoxy) is 1. The summed E-state index contributed by atoms with van der Waals surface area (Å²) in [5, 5.41) is 7.05. The van der Waals surface area contributed by atoms with E-state index in [-0.39, 0.29) is 12.5 Å². The number of benzene rings is 2. The Hall–Kier alpha value is -2.60. The Balaban J connectivity index is 1.05. The minimum atomic E-state index is -1.27. The first-order valence-electron chi connectivity index (χ1n) is 11.4. The van der Waals surface area contributed by atoms with Gasteiger partial charge in [-0.25, -0.2) is 9.18 Å². The molecule has 2 heterocycles. The summed E-state index contributed by atoms with van der Waals surface area (Å²) in [6.45, 7) is 2.43. The van der Waals surface area contributed by atoms with Crippen LogP contribution in [-0.4, -0.2) is 43.0 Å². The summed E-state index contributed by atoms with van der Waals surface area (Å²) in [5.41, 5.74) is 5.02. The lowest BCUT2D eigenvalue weighted by Gasteiger charge is -2.34. The van der Waals surface area contributed by atoms with E-state index >= 15 is 0 Å². The Morgan fingerprint density at radius 3 is 2.90 bits per heavy atom. The van der Waals surface area contributed by atoms with Crippen molar-refractivity contribution in [3.05, 3.63) is 65.2 Å². The first-order chi connectivity index (χ1) is 15.2. The molecule has 6 heteroatoms. The van der Waals surface area contributed by atoms with Gasteiger partial charge in [0.15, 0.2) is 6.30 Å². The van der Waals surface area contributed by atoms with Crippen LogP contribution >= 0.6 is 0 Å². The van der Waals surface area contributed by atoms with Gasteiger partial charge < -0.3 is 15.4 Å². The molecule has 2 unspecified atom stereocenters. The monoisotopic (exact) mass is 423 g/mol. The highest BCUT2D eigenvalue weighted by Gasteiger charge is 2.39. The summed E-state index contributed by atoms with van der Waals surface area (Å²) in [6, 6.07) is 16.8. The quantitative estimate of drug-likeness (QED) is 0.675. The summed E-state index contributed by atoms with van der Waals surface area (Å²) in [4.78, 5) is 13.5. The molecule has 2 aliphatic heterocycles. The maximum Gasteiger partial charge on any atom is 0.412 e. The summed E-state index contributed by atoms with van der Waals surface area (Å²) in [7, 11) is 0. The van der Waals surface area contributed by atoms with E-state index in [0.717, 1.165) is 37.9 Å². The summed E-state index contributed by atoms with van der Waals surface area (Å²) in [6.07, 6.45) is 1.60. The molecule has 0 aromatic heterocycles. The largest absolute Gasteiger partial charge is 0.444 e. The zero-order chi connectivity index (χ0) is 21.2. The molecule has 4 atom stereocenters. The minimum Gasteiger partial charge on any atom is -0.444 e. The number of rotatable bonds is 6. The maximum absolute atomic E-state index is 14.7. The van der Waals surface area contributed by atoms with Crippen molar-refractivity contribution >= 4 is 11.8 Å². The molecule has 2 aromatic carbocycles. The third-order valence-electron chi connectivity index (χ3n) is 6.81. The smallest absolute Gasteiger partial charge is 0.412 e. The molecule has 2 fully saturated rings. The van der Waals surface area contributed by atoms with E-state index in [2.05, 4.69) is 28.8 Å². The fraction of sp³-hybridized carbons (Fsp3) is 0.480. The number of amides is 1. The second kappa shape index (κ2) is 8.87. The van der Waals surface area contributed by atoms with Gasteiger partial charge in [0, 0.05) is 37.2 Å². The maximum atomic E-state index is 14.7. The van der Waals surface area contributed by atoms with Crippen molar-refractivity contribution in [2.75, 3.05) is 25.0 Å².